The molecule has 7 heteroatoms. The number of alkyl halides is 2. The lowest BCUT2D eigenvalue weighted by molar-refractivity contribution is -0.0498. The normalized spacial score (nSPS) is 14.4. The second-order valence-electron chi connectivity index (χ2n) is 6.34. The smallest absolute Gasteiger partial charge is 0.387 e. The summed E-state index contributed by atoms with van der Waals surface area (Å²) in [5, 5.41) is 2.77. The Kier molecular flexibility index (Phi) is 4.28. The van der Waals surface area contributed by atoms with Gasteiger partial charge in [-0.1, -0.05) is 12.5 Å². The molecule has 26 heavy (non-hydrogen) atoms. The number of nitrogens with one attached hydrogen (secondary N) is 2. The van der Waals surface area contributed by atoms with Crippen molar-refractivity contribution in [1.82, 2.24) is 9.97 Å². The molecule has 1 heterocycles. The number of aromatic nitrogens is 2. The average molecular weight is 357 g/mol. The number of benzene rings is 2. The molecule has 2 aromatic carbocycles. The molecule has 2 N–H and O–H groups in total. The Morgan fingerprint density at radius 3 is 2.81 bits per heavy atom. The first kappa shape index (κ1) is 16.5. The van der Waals surface area contributed by atoms with E-state index >= 15 is 0 Å². The summed E-state index contributed by atoms with van der Waals surface area (Å²) >= 11 is 0. The lowest BCUT2D eigenvalue weighted by atomic mass is 9.85. The van der Waals surface area contributed by atoms with Crippen LogP contribution in [0.4, 0.5) is 14.5 Å². The summed E-state index contributed by atoms with van der Waals surface area (Å²) in [5.74, 6) is 1.04. The van der Waals surface area contributed by atoms with Crippen molar-refractivity contribution in [2.75, 3.05) is 5.32 Å². The van der Waals surface area contributed by atoms with E-state index in [1.54, 1.807) is 6.07 Å². The Balaban J connectivity index is 1.51. The van der Waals surface area contributed by atoms with Gasteiger partial charge >= 0.3 is 6.61 Å². The minimum absolute atomic E-state index is 0.0539. The van der Waals surface area contributed by atoms with Crippen molar-refractivity contribution in [3.05, 3.63) is 53.9 Å². The topological polar surface area (TPSA) is 67.0 Å². The molecule has 0 atom stereocenters. The minimum Gasteiger partial charge on any atom is -0.435 e. The van der Waals surface area contributed by atoms with Crippen LogP contribution in [0.1, 0.15) is 41.4 Å². The summed E-state index contributed by atoms with van der Waals surface area (Å²) in [6.45, 7) is -2.93. The van der Waals surface area contributed by atoms with Gasteiger partial charge in [0.2, 0.25) is 0 Å². The molecule has 1 amide bonds. The molecule has 1 aliphatic carbocycles. The SMILES string of the molecule is O=C(Nc1ccc2nc(C3CCC3)[nH]c2c1)c1cccc(OC(F)F)c1. The van der Waals surface area contributed by atoms with Crippen LogP contribution in [0.3, 0.4) is 0 Å². The monoisotopic (exact) mass is 357 g/mol. The van der Waals surface area contributed by atoms with Gasteiger partial charge in [-0.2, -0.15) is 8.78 Å². The predicted molar refractivity (Wildman–Crippen MR) is 93.7 cm³/mol. The van der Waals surface area contributed by atoms with Gasteiger partial charge in [0.05, 0.1) is 11.0 Å². The first-order valence-electron chi connectivity index (χ1n) is 8.44. The highest BCUT2D eigenvalue weighted by Gasteiger charge is 2.22. The molecule has 0 saturated heterocycles. The number of imidazole rings is 1. The van der Waals surface area contributed by atoms with E-state index in [0.717, 1.165) is 29.7 Å². The number of halogens is 2. The van der Waals surface area contributed by atoms with Crippen LogP contribution < -0.4 is 10.1 Å². The molecule has 134 valence electrons. The van der Waals surface area contributed by atoms with Crippen LogP contribution in [0.2, 0.25) is 0 Å². The highest BCUT2D eigenvalue weighted by Crippen LogP contribution is 2.35. The van der Waals surface area contributed by atoms with Crippen molar-refractivity contribution in [3.8, 4) is 5.75 Å². The van der Waals surface area contributed by atoms with Gasteiger partial charge in [0.15, 0.2) is 0 Å². The summed E-state index contributed by atoms with van der Waals surface area (Å²) in [7, 11) is 0. The van der Waals surface area contributed by atoms with Crippen LogP contribution in [0.15, 0.2) is 42.5 Å². The van der Waals surface area contributed by atoms with Gasteiger partial charge in [-0.15, -0.1) is 0 Å². The third-order valence-electron chi connectivity index (χ3n) is 4.57. The maximum absolute atomic E-state index is 12.4. The van der Waals surface area contributed by atoms with Crippen molar-refractivity contribution in [2.45, 2.75) is 31.8 Å². The van der Waals surface area contributed by atoms with E-state index in [9.17, 15) is 13.6 Å². The van der Waals surface area contributed by atoms with Gasteiger partial charge in [0, 0.05) is 17.2 Å². The molecule has 0 bridgehead atoms. The third kappa shape index (κ3) is 3.37. The molecule has 3 aromatic rings. The van der Waals surface area contributed by atoms with Crippen LogP contribution in [-0.2, 0) is 0 Å². The maximum Gasteiger partial charge on any atom is 0.387 e. The number of nitrogens with zero attached hydrogens (tertiary/aromatic N) is 1. The van der Waals surface area contributed by atoms with E-state index in [-0.39, 0.29) is 11.3 Å². The van der Waals surface area contributed by atoms with Crippen molar-refractivity contribution in [3.63, 3.8) is 0 Å². The largest absolute Gasteiger partial charge is 0.435 e. The van der Waals surface area contributed by atoms with Crippen molar-refractivity contribution in [1.29, 1.82) is 0 Å². The molecule has 4 rings (SSSR count). The summed E-state index contributed by atoms with van der Waals surface area (Å²) in [4.78, 5) is 20.3. The molecule has 1 aromatic heterocycles. The Bertz CT molecular complexity index is 951. The zero-order valence-corrected chi connectivity index (χ0v) is 13.8. The van der Waals surface area contributed by atoms with E-state index in [1.165, 1.54) is 30.7 Å². The number of carbonyl (C=O) groups excluding carboxylic acids is 1. The van der Waals surface area contributed by atoms with Crippen LogP contribution in [-0.4, -0.2) is 22.5 Å². The molecular weight excluding hydrogens is 340 g/mol. The standard InChI is InChI=1S/C19H17F2N3O2/c20-19(21)26-14-6-2-5-12(9-14)18(25)22-13-7-8-15-16(10-13)24-17(23-15)11-3-1-4-11/h2,5-11,19H,1,3-4H2,(H,22,25)(H,23,24). The lowest BCUT2D eigenvalue weighted by Gasteiger charge is -2.22. The summed E-state index contributed by atoms with van der Waals surface area (Å²) < 4.78 is 28.9. The second kappa shape index (κ2) is 6.74. The summed E-state index contributed by atoms with van der Waals surface area (Å²) in [5.41, 5.74) is 2.56. The van der Waals surface area contributed by atoms with Crippen molar-refractivity contribution >= 4 is 22.6 Å². The zero-order chi connectivity index (χ0) is 18.1. The van der Waals surface area contributed by atoms with E-state index in [4.69, 9.17) is 0 Å². The third-order valence-corrected chi connectivity index (χ3v) is 4.57. The number of H-pyrrole nitrogens is 1. The fourth-order valence-electron chi connectivity index (χ4n) is 3.00. The molecule has 1 fully saturated rings. The number of anilines is 1. The molecule has 0 spiro atoms. The highest BCUT2D eigenvalue weighted by atomic mass is 19.3. The number of fused-ring (bicyclic) bond motifs is 1. The molecule has 1 saturated carbocycles. The number of rotatable bonds is 5. The molecule has 0 radical (unpaired) electrons. The number of hydrogen-bond donors (Lipinski definition) is 2. The quantitative estimate of drug-likeness (QED) is 0.696. The van der Waals surface area contributed by atoms with Gasteiger partial charge in [0.1, 0.15) is 11.6 Å². The highest BCUT2D eigenvalue weighted by molar-refractivity contribution is 6.05. The first-order valence-corrected chi connectivity index (χ1v) is 8.44. The number of ether oxygens (including phenoxy) is 1. The number of carbonyl (C=O) groups is 1. The Hall–Kier alpha value is -2.96. The van der Waals surface area contributed by atoms with Crippen molar-refractivity contribution in [2.24, 2.45) is 0 Å². The predicted octanol–water partition coefficient (Wildman–Crippen LogP) is 4.68. The van der Waals surface area contributed by atoms with Crippen molar-refractivity contribution < 1.29 is 18.3 Å². The first-order chi connectivity index (χ1) is 12.6. The molecule has 1 aliphatic rings. The van der Waals surface area contributed by atoms with Crippen LogP contribution in [0.5, 0.6) is 5.75 Å². The molecule has 0 aliphatic heterocycles. The van der Waals surface area contributed by atoms with E-state index < -0.39 is 12.5 Å². The van der Waals surface area contributed by atoms with Gasteiger partial charge in [0.25, 0.3) is 5.91 Å². The fraction of sp³-hybridized carbons (Fsp3) is 0.263. The lowest BCUT2D eigenvalue weighted by Crippen LogP contribution is -2.12. The Morgan fingerprint density at radius 2 is 2.08 bits per heavy atom. The number of hydrogen-bond acceptors (Lipinski definition) is 3. The average Bonchev–Trinajstić information content (AvgIpc) is 2.95. The zero-order valence-electron chi connectivity index (χ0n) is 13.8. The second-order valence-corrected chi connectivity index (χ2v) is 6.34. The minimum atomic E-state index is -2.93. The van der Waals surface area contributed by atoms with Gasteiger partial charge in [-0.3, -0.25) is 4.79 Å². The van der Waals surface area contributed by atoms with Crippen LogP contribution >= 0.6 is 0 Å². The van der Waals surface area contributed by atoms with Gasteiger partial charge in [-0.05, 0) is 49.2 Å². The van der Waals surface area contributed by atoms with Gasteiger partial charge in [-0.25, -0.2) is 4.98 Å². The molecule has 5 nitrogen and oxygen atoms in total. The van der Waals surface area contributed by atoms with Crippen LogP contribution in [0.25, 0.3) is 11.0 Å². The van der Waals surface area contributed by atoms with E-state index in [0.29, 0.717) is 11.6 Å². The van der Waals surface area contributed by atoms with Crippen LogP contribution in [0, 0.1) is 0 Å². The molecular formula is C19H17F2N3O2. The van der Waals surface area contributed by atoms with E-state index in [2.05, 4.69) is 20.0 Å². The van der Waals surface area contributed by atoms with E-state index in [1.807, 2.05) is 12.1 Å². The summed E-state index contributed by atoms with van der Waals surface area (Å²) in [6.07, 6.45) is 3.54. The fourth-order valence-corrected chi connectivity index (χ4v) is 3.00. The summed E-state index contributed by atoms with van der Waals surface area (Å²) in [6, 6.07) is 11.1. The maximum atomic E-state index is 12.4. The Morgan fingerprint density at radius 1 is 1.23 bits per heavy atom. The molecule has 0 unspecified atom stereocenters. The van der Waals surface area contributed by atoms with Gasteiger partial charge < -0.3 is 15.0 Å². The number of amides is 1. The number of aromatic amines is 1. The Labute approximate surface area is 148 Å².